The van der Waals surface area contributed by atoms with E-state index in [9.17, 15) is 4.79 Å². The second-order valence-electron chi connectivity index (χ2n) is 5.68. The molecule has 1 fully saturated rings. The van der Waals surface area contributed by atoms with E-state index in [1.807, 2.05) is 36.1 Å². The third-order valence-corrected chi connectivity index (χ3v) is 3.79. The molecule has 1 aromatic carbocycles. The van der Waals surface area contributed by atoms with Crippen molar-refractivity contribution >= 4 is 18.3 Å². The standard InChI is InChI=1S/C15H22N2O2.ClH/c1-12-3-5-13(6-4-12)19-9-14(18)17-8-7-15(2,10-16)11-17;/h3-6H,7-11,16H2,1-2H3;1H. The van der Waals surface area contributed by atoms with Crippen LogP contribution in [0.5, 0.6) is 5.75 Å². The maximum absolute atomic E-state index is 12.0. The smallest absolute Gasteiger partial charge is 0.260 e. The number of benzene rings is 1. The minimum Gasteiger partial charge on any atom is -0.484 e. The van der Waals surface area contributed by atoms with Crippen molar-refractivity contribution in [2.75, 3.05) is 26.2 Å². The third-order valence-electron chi connectivity index (χ3n) is 3.79. The van der Waals surface area contributed by atoms with Gasteiger partial charge in [-0.1, -0.05) is 24.6 Å². The van der Waals surface area contributed by atoms with Gasteiger partial charge in [-0.3, -0.25) is 4.79 Å². The SMILES string of the molecule is Cc1ccc(OCC(=O)N2CCC(C)(CN)C2)cc1.Cl. The number of halogens is 1. The van der Waals surface area contributed by atoms with E-state index >= 15 is 0 Å². The van der Waals surface area contributed by atoms with E-state index in [2.05, 4.69) is 6.92 Å². The molecule has 2 rings (SSSR count). The van der Waals surface area contributed by atoms with E-state index in [-0.39, 0.29) is 30.3 Å². The number of hydrogen-bond acceptors (Lipinski definition) is 3. The summed E-state index contributed by atoms with van der Waals surface area (Å²) in [6.07, 6.45) is 0.972. The Morgan fingerprint density at radius 1 is 1.40 bits per heavy atom. The molecule has 1 amide bonds. The molecule has 1 atom stereocenters. The van der Waals surface area contributed by atoms with Gasteiger partial charge in [-0.15, -0.1) is 12.4 Å². The lowest BCUT2D eigenvalue weighted by Gasteiger charge is -2.22. The van der Waals surface area contributed by atoms with E-state index < -0.39 is 0 Å². The number of carbonyl (C=O) groups is 1. The van der Waals surface area contributed by atoms with Gasteiger partial charge >= 0.3 is 0 Å². The van der Waals surface area contributed by atoms with Crippen LogP contribution in [0.1, 0.15) is 18.9 Å². The molecule has 4 nitrogen and oxygen atoms in total. The van der Waals surface area contributed by atoms with Gasteiger partial charge in [-0.2, -0.15) is 0 Å². The predicted molar refractivity (Wildman–Crippen MR) is 82.3 cm³/mol. The van der Waals surface area contributed by atoms with Gasteiger partial charge in [-0.25, -0.2) is 0 Å². The van der Waals surface area contributed by atoms with Crippen molar-refractivity contribution in [2.24, 2.45) is 11.1 Å². The first-order chi connectivity index (χ1) is 9.02. The van der Waals surface area contributed by atoms with Crippen LogP contribution in [0.15, 0.2) is 24.3 Å². The molecule has 1 heterocycles. The average Bonchev–Trinajstić information content (AvgIpc) is 2.81. The number of nitrogens with zero attached hydrogens (tertiary/aromatic N) is 1. The van der Waals surface area contributed by atoms with Crippen molar-refractivity contribution in [3.63, 3.8) is 0 Å². The quantitative estimate of drug-likeness (QED) is 0.925. The number of aryl methyl sites for hydroxylation is 1. The van der Waals surface area contributed by atoms with Gasteiger partial charge in [0.05, 0.1) is 0 Å². The molecule has 0 bridgehead atoms. The highest BCUT2D eigenvalue weighted by Crippen LogP contribution is 2.28. The van der Waals surface area contributed by atoms with Crippen LogP contribution in [-0.4, -0.2) is 37.0 Å². The summed E-state index contributed by atoms with van der Waals surface area (Å²) in [5, 5.41) is 0. The number of rotatable bonds is 4. The summed E-state index contributed by atoms with van der Waals surface area (Å²) in [5.41, 5.74) is 6.99. The van der Waals surface area contributed by atoms with Gasteiger partial charge in [0.2, 0.25) is 0 Å². The minimum absolute atomic E-state index is 0. The van der Waals surface area contributed by atoms with Crippen molar-refractivity contribution in [2.45, 2.75) is 20.3 Å². The topological polar surface area (TPSA) is 55.6 Å². The van der Waals surface area contributed by atoms with Crippen LogP contribution in [0.25, 0.3) is 0 Å². The molecular weight excluding hydrogens is 276 g/mol. The molecule has 0 aliphatic carbocycles. The molecule has 1 aliphatic rings. The predicted octanol–water partition coefficient (Wildman–Crippen LogP) is 1.99. The fraction of sp³-hybridized carbons (Fsp3) is 0.533. The molecular formula is C15H23ClN2O2. The molecule has 20 heavy (non-hydrogen) atoms. The normalized spacial score (nSPS) is 21.4. The van der Waals surface area contributed by atoms with E-state index in [0.717, 1.165) is 25.3 Å². The van der Waals surface area contributed by atoms with Crippen molar-refractivity contribution < 1.29 is 9.53 Å². The summed E-state index contributed by atoms with van der Waals surface area (Å²) < 4.78 is 5.51. The Labute approximate surface area is 126 Å². The van der Waals surface area contributed by atoms with E-state index in [0.29, 0.717) is 6.54 Å². The first-order valence-corrected chi connectivity index (χ1v) is 6.70. The van der Waals surface area contributed by atoms with E-state index in [1.165, 1.54) is 5.56 Å². The first kappa shape index (κ1) is 16.8. The second kappa shape index (κ2) is 6.95. The van der Waals surface area contributed by atoms with Gasteiger partial charge in [0.15, 0.2) is 6.61 Å². The maximum Gasteiger partial charge on any atom is 0.260 e. The average molecular weight is 299 g/mol. The zero-order chi connectivity index (χ0) is 13.9. The maximum atomic E-state index is 12.0. The van der Waals surface area contributed by atoms with E-state index in [4.69, 9.17) is 10.5 Å². The molecule has 1 unspecified atom stereocenters. The summed E-state index contributed by atoms with van der Waals surface area (Å²) in [7, 11) is 0. The highest BCUT2D eigenvalue weighted by molar-refractivity contribution is 5.85. The van der Waals surface area contributed by atoms with Crippen molar-refractivity contribution in [1.82, 2.24) is 4.90 Å². The van der Waals surface area contributed by atoms with Crippen LogP contribution in [0.3, 0.4) is 0 Å². The molecule has 1 aromatic rings. The highest BCUT2D eigenvalue weighted by atomic mass is 35.5. The lowest BCUT2D eigenvalue weighted by atomic mass is 9.90. The van der Waals surface area contributed by atoms with Crippen LogP contribution in [0.2, 0.25) is 0 Å². The van der Waals surface area contributed by atoms with Crippen molar-refractivity contribution in [3.05, 3.63) is 29.8 Å². The molecule has 0 aromatic heterocycles. The molecule has 1 saturated heterocycles. The molecule has 1 aliphatic heterocycles. The number of likely N-dealkylation sites (tertiary alicyclic amines) is 1. The summed E-state index contributed by atoms with van der Waals surface area (Å²) in [5.74, 6) is 0.775. The second-order valence-corrected chi connectivity index (χ2v) is 5.68. The summed E-state index contributed by atoms with van der Waals surface area (Å²) >= 11 is 0. The van der Waals surface area contributed by atoms with Crippen LogP contribution in [0, 0.1) is 12.3 Å². The molecule has 0 radical (unpaired) electrons. The Morgan fingerprint density at radius 3 is 2.60 bits per heavy atom. The van der Waals surface area contributed by atoms with Crippen LogP contribution in [-0.2, 0) is 4.79 Å². The monoisotopic (exact) mass is 298 g/mol. The number of ether oxygens (including phenoxy) is 1. The van der Waals surface area contributed by atoms with Gasteiger partial charge in [0, 0.05) is 13.1 Å². The zero-order valence-corrected chi connectivity index (χ0v) is 12.9. The van der Waals surface area contributed by atoms with Gasteiger partial charge in [0.25, 0.3) is 5.91 Å². The number of carbonyl (C=O) groups excluding carboxylic acids is 1. The Kier molecular flexibility index (Phi) is 5.84. The third kappa shape index (κ3) is 4.12. The number of nitrogens with two attached hydrogens (primary N) is 1. The molecule has 112 valence electrons. The molecule has 2 N–H and O–H groups in total. The first-order valence-electron chi connectivity index (χ1n) is 6.70. The fourth-order valence-electron chi connectivity index (χ4n) is 2.27. The summed E-state index contributed by atoms with van der Waals surface area (Å²) in [6.45, 7) is 6.39. The Balaban J connectivity index is 0.00000200. The molecule has 5 heteroatoms. The zero-order valence-electron chi connectivity index (χ0n) is 12.1. The van der Waals surface area contributed by atoms with Crippen LogP contribution < -0.4 is 10.5 Å². The number of amides is 1. The van der Waals surface area contributed by atoms with Gasteiger partial charge < -0.3 is 15.4 Å². The Morgan fingerprint density at radius 2 is 2.05 bits per heavy atom. The highest BCUT2D eigenvalue weighted by Gasteiger charge is 2.34. The largest absolute Gasteiger partial charge is 0.484 e. The summed E-state index contributed by atoms with van der Waals surface area (Å²) in [6, 6.07) is 7.72. The Bertz CT molecular complexity index is 450. The lowest BCUT2D eigenvalue weighted by Crippen LogP contribution is -2.36. The van der Waals surface area contributed by atoms with Gasteiger partial charge in [-0.05, 0) is 37.4 Å². The van der Waals surface area contributed by atoms with Crippen LogP contribution in [0.4, 0.5) is 0 Å². The number of hydrogen-bond donors (Lipinski definition) is 1. The lowest BCUT2D eigenvalue weighted by molar-refractivity contribution is -0.132. The fourth-order valence-corrected chi connectivity index (χ4v) is 2.27. The van der Waals surface area contributed by atoms with Gasteiger partial charge in [0.1, 0.15) is 5.75 Å². The minimum atomic E-state index is 0. The summed E-state index contributed by atoms with van der Waals surface area (Å²) in [4.78, 5) is 13.9. The Hall–Kier alpha value is -1.26. The molecule has 0 spiro atoms. The van der Waals surface area contributed by atoms with E-state index in [1.54, 1.807) is 0 Å². The van der Waals surface area contributed by atoms with Crippen molar-refractivity contribution in [1.29, 1.82) is 0 Å². The molecule has 0 saturated carbocycles. The van der Waals surface area contributed by atoms with Crippen molar-refractivity contribution in [3.8, 4) is 5.75 Å². The van der Waals surface area contributed by atoms with Crippen LogP contribution >= 0.6 is 12.4 Å².